The fraction of sp³-hybridized carbons (Fsp3) is 0.455. The molecule has 0 radical (unpaired) electrons. The van der Waals surface area contributed by atoms with E-state index in [1.165, 1.54) is 33.4 Å². The lowest BCUT2D eigenvalue weighted by Gasteiger charge is -2.22. The smallest absolute Gasteiger partial charge is 0.282 e. The lowest BCUT2D eigenvalue weighted by Crippen LogP contribution is -2.07. The molecule has 4 nitrogen and oxygen atoms in total. The van der Waals surface area contributed by atoms with E-state index in [2.05, 4.69) is 59.7 Å². The first kappa shape index (κ1) is 30.3. The molecule has 3 rings (SSSR count). The van der Waals surface area contributed by atoms with Crippen molar-refractivity contribution >= 4 is 7.82 Å². The molecule has 0 N–H and O–H groups in total. The van der Waals surface area contributed by atoms with Gasteiger partial charge in [0.1, 0.15) is 0 Å². The summed E-state index contributed by atoms with van der Waals surface area (Å²) in [6.07, 6.45) is 5.51. The maximum atomic E-state index is 14.1. The normalized spacial score (nSPS) is 11.7. The second-order valence-electron chi connectivity index (χ2n) is 9.55. The highest BCUT2D eigenvalue weighted by Gasteiger charge is 2.29. The highest BCUT2D eigenvalue weighted by molar-refractivity contribution is 7.48. The van der Waals surface area contributed by atoms with Crippen LogP contribution in [0, 0.1) is 0 Å². The second-order valence-corrected chi connectivity index (χ2v) is 11.2. The largest absolute Gasteiger partial charge is 0.475 e. The molecule has 0 saturated carbocycles. The van der Waals surface area contributed by atoms with Crippen LogP contribution < -0.4 is 0 Å². The maximum Gasteiger partial charge on any atom is 0.475 e. The van der Waals surface area contributed by atoms with Crippen molar-refractivity contribution in [3.8, 4) is 0 Å². The lowest BCUT2D eigenvalue weighted by molar-refractivity contribution is 0.0973. The van der Waals surface area contributed by atoms with Gasteiger partial charge in [0.25, 0.3) is 0 Å². The molecule has 0 bridgehead atoms. The summed E-state index contributed by atoms with van der Waals surface area (Å²) in [4.78, 5) is 0. The van der Waals surface area contributed by atoms with Crippen molar-refractivity contribution in [1.29, 1.82) is 0 Å². The van der Waals surface area contributed by atoms with Gasteiger partial charge in [0.2, 0.25) is 0 Å². The molecule has 3 aromatic carbocycles. The van der Waals surface area contributed by atoms with Crippen molar-refractivity contribution in [3.63, 3.8) is 0 Å². The zero-order valence-corrected chi connectivity index (χ0v) is 25.0. The third-order valence-corrected chi connectivity index (χ3v) is 8.78. The first-order valence-electron chi connectivity index (χ1n) is 14.3. The van der Waals surface area contributed by atoms with E-state index < -0.39 is 7.82 Å². The Bertz CT molecular complexity index is 1080. The Morgan fingerprint density at radius 3 is 0.947 bits per heavy atom. The van der Waals surface area contributed by atoms with Crippen molar-refractivity contribution in [1.82, 2.24) is 0 Å². The van der Waals surface area contributed by atoms with Crippen LogP contribution in [-0.4, -0.2) is 0 Å². The predicted octanol–water partition coefficient (Wildman–Crippen LogP) is 9.12. The van der Waals surface area contributed by atoms with Gasteiger partial charge in [-0.05, 0) is 88.6 Å². The molecule has 0 aliphatic heterocycles. The van der Waals surface area contributed by atoms with Gasteiger partial charge in [0.05, 0.1) is 19.8 Å². The zero-order valence-electron chi connectivity index (χ0n) is 24.1. The summed E-state index contributed by atoms with van der Waals surface area (Å²) >= 11 is 0. The number of aryl methyl sites for hydroxylation is 3. The number of benzene rings is 3. The van der Waals surface area contributed by atoms with Crippen LogP contribution >= 0.6 is 7.82 Å². The molecule has 0 spiro atoms. The maximum absolute atomic E-state index is 14.1. The van der Waals surface area contributed by atoms with Gasteiger partial charge in [0, 0.05) is 0 Å². The van der Waals surface area contributed by atoms with Crippen LogP contribution in [0.1, 0.15) is 91.6 Å². The first-order chi connectivity index (χ1) is 18.4. The molecule has 3 aromatic rings. The van der Waals surface area contributed by atoms with Crippen molar-refractivity contribution in [2.75, 3.05) is 0 Å². The quantitative estimate of drug-likeness (QED) is 0.182. The van der Waals surface area contributed by atoms with E-state index in [9.17, 15) is 4.57 Å². The Morgan fingerprint density at radius 1 is 0.447 bits per heavy atom. The summed E-state index contributed by atoms with van der Waals surface area (Å²) < 4.78 is 32.3. The predicted molar refractivity (Wildman–Crippen MR) is 158 cm³/mol. The Balaban J connectivity index is 1.88. The topological polar surface area (TPSA) is 44.8 Å². The monoisotopic (exact) mass is 536 g/mol. The van der Waals surface area contributed by atoms with Crippen molar-refractivity contribution in [3.05, 3.63) is 105 Å². The van der Waals surface area contributed by atoms with E-state index in [0.717, 1.165) is 55.2 Å². The van der Waals surface area contributed by atoms with Gasteiger partial charge in [-0.3, -0.25) is 13.6 Å². The third kappa shape index (κ3) is 7.45. The summed E-state index contributed by atoms with van der Waals surface area (Å²) in [6.45, 7) is 13.4. The van der Waals surface area contributed by atoms with Crippen molar-refractivity contribution in [2.24, 2.45) is 0 Å². The van der Waals surface area contributed by atoms with Gasteiger partial charge in [-0.15, -0.1) is 0 Å². The minimum Gasteiger partial charge on any atom is -0.282 e. The molecule has 0 atom stereocenters. The average Bonchev–Trinajstić information content (AvgIpc) is 2.96. The molecule has 0 amide bonds. The van der Waals surface area contributed by atoms with E-state index in [1.807, 2.05) is 36.4 Å². The Labute approximate surface area is 230 Å². The van der Waals surface area contributed by atoms with Gasteiger partial charge in [-0.1, -0.05) is 96.1 Å². The van der Waals surface area contributed by atoms with E-state index in [4.69, 9.17) is 13.6 Å². The molecule has 5 heteroatoms. The molecule has 0 aliphatic rings. The molecule has 206 valence electrons. The fourth-order valence-corrected chi connectivity index (χ4v) is 6.50. The highest BCUT2D eigenvalue weighted by atomic mass is 31.2. The number of hydrogen-bond donors (Lipinski definition) is 0. The highest BCUT2D eigenvalue weighted by Crippen LogP contribution is 2.52. The molecule has 0 fully saturated rings. The van der Waals surface area contributed by atoms with E-state index in [-0.39, 0.29) is 19.8 Å². The molecule has 0 unspecified atom stereocenters. The van der Waals surface area contributed by atoms with Gasteiger partial charge in [-0.25, -0.2) is 4.57 Å². The van der Waals surface area contributed by atoms with Crippen LogP contribution in [0.15, 0.2) is 54.6 Å². The minimum atomic E-state index is -3.88. The number of hydrogen-bond acceptors (Lipinski definition) is 4. The van der Waals surface area contributed by atoms with Crippen molar-refractivity contribution < 1.29 is 18.1 Å². The standard InChI is InChI=1S/C33H45O4P/c1-7-25-16-13-19-28(31(25)10-4)22-35-38(34,36-23-29-20-14-17-26(8-2)32(29)11-5)37-24-30-21-15-18-27(9-3)33(30)12-6/h13-21H,7-12,22-24H2,1-6H3. The van der Waals surface area contributed by atoms with Crippen LogP contribution in [0.2, 0.25) is 0 Å². The summed E-state index contributed by atoms with van der Waals surface area (Å²) in [6, 6.07) is 18.7. The molecule has 0 heterocycles. The van der Waals surface area contributed by atoms with Crippen LogP contribution in [0.4, 0.5) is 0 Å². The van der Waals surface area contributed by atoms with Gasteiger partial charge in [0.15, 0.2) is 0 Å². The van der Waals surface area contributed by atoms with E-state index >= 15 is 0 Å². The van der Waals surface area contributed by atoms with Gasteiger partial charge < -0.3 is 0 Å². The third-order valence-electron chi connectivity index (χ3n) is 7.45. The molecular formula is C33H45O4P. The molecule has 38 heavy (non-hydrogen) atoms. The van der Waals surface area contributed by atoms with Crippen LogP contribution in [0.5, 0.6) is 0 Å². The Hall–Kier alpha value is -2.23. The molecule has 0 saturated heterocycles. The lowest BCUT2D eigenvalue weighted by atomic mass is 9.98. The summed E-state index contributed by atoms with van der Waals surface area (Å²) in [5, 5.41) is 0. The van der Waals surface area contributed by atoms with Crippen LogP contribution in [0.25, 0.3) is 0 Å². The second kappa shape index (κ2) is 14.8. The number of phosphoric ester groups is 1. The summed E-state index contributed by atoms with van der Waals surface area (Å²) in [5.41, 5.74) is 10.7. The van der Waals surface area contributed by atoms with E-state index in [0.29, 0.717) is 0 Å². The SMILES string of the molecule is CCc1cccc(COP(=O)(OCc2cccc(CC)c2CC)OCc2cccc(CC)c2CC)c1CC. The van der Waals surface area contributed by atoms with E-state index in [1.54, 1.807) is 0 Å². The minimum absolute atomic E-state index is 0.180. The zero-order chi connectivity index (χ0) is 27.5. The Kier molecular flexibility index (Phi) is 11.8. The Morgan fingerprint density at radius 2 is 0.711 bits per heavy atom. The molecular weight excluding hydrogens is 491 g/mol. The van der Waals surface area contributed by atoms with Crippen LogP contribution in [0.3, 0.4) is 0 Å². The van der Waals surface area contributed by atoms with Gasteiger partial charge in [-0.2, -0.15) is 0 Å². The first-order valence-corrected chi connectivity index (χ1v) is 15.7. The number of rotatable bonds is 15. The van der Waals surface area contributed by atoms with Crippen molar-refractivity contribution in [2.45, 2.75) is 99.9 Å². The van der Waals surface area contributed by atoms with Gasteiger partial charge >= 0.3 is 7.82 Å². The van der Waals surface area contributed by atoms with Crippen LogP contribution in [-0.2, 0) is 76.5 Å². The number of phosphoric acid groups is 1. The fourth-order valence-electron chi connectivity index (χ4n) is 5.38. The summed E-state index contributed by atoms with van der Waals surface area (Å²) in [5.74, 6) is 0. The average molecular weight is 537 g/mol. The summed E-state index contributed by atoms with van der Waals surface area (Å²) in [7, 11) is -3.88. The molecule has 0 aromatic heterocycles. The molecule has 0 aliphatic carbocycles.